The van der Waals surface area contributed by atoms with Crippen molar-refractivity contribution >= 4 is 51.5 Å². The molecule has 0 atom stereocenters. The molecule has 0 bridgehead atoms. The smallest absolute Gasteiger partial charge is 0.192 e. The fraction of sp³-hybridized carbons (Fsp3) is 0.235. The monoisotopic (exact) mass is 467 g/mol. The quantitative estimate of drug-likeness (QED) is 0.293. The lowest BCUT2D eigenvalue weighted by Gasteiger charge is -2.07. The van der Waals surface area contributed by atoms with Gasteiger partial charge in [-0.25, -0.2) is 0 Å². The maximum atomic E-state index is 12.4. The summed E-state index contributed by atoms with van der Waals surface area (Å²) in [5.41, 5.74) is 0.749. The Hall–Kier alpha value is -1.19. The summed E-state index contributed by atoms with van der Waals surface area (Å²) in [6.07, 6.45) is 2.32. The number of benzene rings is 1. The molecule has 1 aromatic carbocycles. The summed E-state index contributed by atoms with van der Waals surface area (Å²) < 4.78 is 3.34. The van der Waals surface area contributed by atoms with Crippen LogP contribution in [0.5, 0.6) is 0 Å². The van der Waals surface area contributed by atoms with E-state index < -0.39 is 0 Å². The summed E-state index contributed by atoms with van der Waals surface area (Å²) in [5, 5.41) is 11.6. The Kier molecular flexibility index (Phi) is 4.73. The Morgan fingerprint density at radius 2 is 2.04 bits per heavy atom. The van der Waals surface area contributed by atoms with Gasteiger partial charge in [0.2, 0.25) is 0 Å². The van der Waals surface area contributed by atoms with Crippen molar-refractivity contribution in [3.8, 4) is 10.7 Å². The molecule has 7 heteroatoms. The van der Waals surface area contributed by atoms with Gasteiger partial charge in [-0.05, 0) is 59.0 Å². The number of halogens is 1. The van der Waals surface area contributed by atoms with Crippen LogP contribution in [0.1, 0.15) is 29.2 Å². The van der Waals surface area contributed by atoms with Crippen molar-refractivity contribution in [2.75, 3.05) is 5.75 Å². The van der Waals surface area contributed by atoms with Crippen LogP contribution in [0.25, 0.3) is 10.7 Å². The minimum Gasteiger partial charge on any atom is -0.298 e. The van der Waals surface area contributed by atoms with Gasteiger partial charge in [-0.15, -0.1) is 21.5 Å². The molecule has 4 rings (SSSR count). The van der Waals surface area contributed by atoms with E-state index in [1.165, 1.54) is 11.8 Å². The molecule has 2 aromatic heterocycles. The minimum absolute atomic E-state index is 0.124. The van der Waals surface area contributed by atoms with Crippen molar-refractivity contribution in [2.24, 2.45) is 0 Å². The topological polar surface area (TPSA) is 47.8 Å². The van der Waals surface area contributed by atoms with E-state index in [0.717, 1.165) is 37.8 Å². The predicted octanol–water partition coefficient (Wildman–Crippen LogP) is 4.92. The minimum atomic E-state index is 0.124. The highest BCUT2D eigenvalue weighted by atomic mass is 127. The number of Topliss-reactive ketones (excluding diaryl/α,β-unsaturated/α-hetero) is 1. The van der Waals surface area contributed by atoms with Crippen LogP contribution in [0.4, 0.5) is 0 Å². The van der Waals surface area contributed by atoms with Gasteiger partial charge in [-0.2, -0.15) is 0 Å². The molecule has 0 spiro atoms. The van der Waals surface area contributed by atoms with Crippen molar-refractivity contribution in [3.63, 3.8) is 0 Å². The summed E-state index contributed by atoms with van der Waals surface area (Å²) in [6, 6.07) is 12.3. The van der Waals surface area contributed by atoms with Gasteiger partial charge in [0.05, 0.1) is 10.6 Å². The Morgan fingerprint density at radius 3 is 2.71 bits per heavy atom. The molecule has 0 amide bonds. The number of hydrogen-bond donors (Lipinski definition) is 0. The van der Waals surface area contributed by atoms with Gasteiger partial charge in [-0.3, -0.25) is 9.36 Å². The van der Waals surface area contributed by atoms with Crippen LogP contribution < -0.4 is 0 Å². The Morgan fingerprint density at radius 1 is 1.25 bits per heavy atom. The number of rotatable bonds is 6. The molecule has 1 fully saturated rings. The van der Waals surface area contributed by atoms with Crippen LogP contribution in [-0.4, -0.2) is 26.3 Å². The summed E-state index contributed by atoms with van der Waals surface area (Å²) in [6.45, 7) is 0. The van der Waals surface area contributed by atoms with Crippen molar-refractivity contribution in [2.45, 2.75) is 24.0 Å². The van der Waals surface area contributed by atoms with Crippen LogP contribution in [0, 0.1) is 3.57 Å². The molecule has 4 nitrogen and oxygen atoms in total. The maximum absolute atomic E-state index is 12.4. The van der Waals surface area contributed by atoms with Gasteiger partial charge in [0, 0.05) is 15.2 Å². The van der Waals surface area contributed by atoms with E-state index in [2.05, 4.69) is 43.4 Å². The van der Waals surface area contributed by atoms with Crippen LogP contribution in [0.15, 0.2) is 46.9 Å². The number of hydrogen-bond acceptors (Lipinski definition) is 5. The van der Waals surface area contributed by atoms with Crippen LogP contribution in [-0.2, 0) is 0 Å². The highest BCUT2D eigenvalue weighted by Crippen LogP contribution is 2.41. The van der Waals surface area contributed by atoms with Gasteiger partial charge in [0.25, 0.3) is 0 Å². The molecular formula is C17H14IN3OS2. The molecule has 0 radical (unpaired) electrons. The Labute approximate surface area is 161 Å². The third-order valence-corrected chi connectivity index (χ3v) is 6.34. The van der Waals surface area contributed by atoms with Crippen molar-refractivity contribution < 1.29 is 4.79 Å². The van der Waals surface area contributed by atoms with Crippen LogP contribution in [0.3, 0.4) is 0 Å². The SMILES string of the molecule is O=C(CSc1nnc(-c2cccs2)n1C1CC1)c1ccc(I)cc1. The zero-order valence-electron chi connectivity index (χ0n) is 12.7. The summed E-state index contributed by atoms with van der Waals surface area (Å²) in [4.78, 5) is 13.5. The number of aromatic nitrogens is 3. The lowest BCUT2D eigenvalue weighted by atomic mass is 10.2. The Balaban J connectivity index is 1.53. The molecule has 0 aliphatic heterocycles. The molecule has 1 aliphatic rings. The fourth-order valence-corrected chi connectivity index (χ4v) is 4.43. The molecule has 0 saturated heterocycles. The van der Waals surface area contributed by atoms with E-state index in [0.29, 0.717) is 11.8 Å². The predicted molar refractivity (Wildman–Crippen MR) is 106 cm³/mol. The zero-order valence-corrected chi connectivity index (χ0v) is 16.5. The first-order valence-corrected chi connectivity index (χ1v) is 10.6. The molecule has 0 unspecified atom stereocenters. The number of carbonyl (C=O) groups is 1. The van der Waals surface area contributed by atoms with Gasteiger partial charge in [0.15, 0.2) is 16.8 Å². The normalized spacial score (nSPS) is 14.0. The first kappa shape index (κ1) is 16.3. The first-order chi connectivity index (χ1) is 11.7. The standard InChI is InChI=1S/C17H14IN3OS2/c18-12-5-3-11(4-6-12)14(22)10-24-17-20-19-16(15-2-1-9-23-15)21(17)13-7-8-13/h1-6,9,13H,7-8,10H2. The molecule has 3 aromatic rings. The van der Waals surface area contributed by atoms with Crippen LogP contribution >= 0.6 is 45.7 Å². The highest BCUT2D eigenvalue weighted by Gasteiger charge is 2.30. The molecule has 122 valence electrons. The lowest BCUT2D eigenvalue weighted by Crippen LogP contribution is -2.05. The molecular weight excluding hydrogens is 453 g/mol. The van der Waals surface area contributed by atoms with Gasteiger partial charge < -0.3 is 0 Å². The summed E-state index contributed by atoms with van der Waals surface area (Å²) in [5.74, 6) is 1.44. The van der Waals surface area contributed by atoms with Crippen molar-refractivity contribution in [3.05, 3.63) is 50.9 Å². The van der Waals surface area contributed by atoms with Crippen molar-refractivity contribution in [1.29, 1.82) is 0 Å². The van der Waals surface area contributed by atoms with Gasteiger partial charge in [-0.1, -0.05) is 30.0 Å². The second-order valence-corrected chi connectivity index (χ2v) is 8.74. The van der Waals surface area contributed by atoms with E-state index in [4.69, 9.17) is 0 Å². The number of thioether (sulfide) groups is 1. The summed E-state index contributed by atoms with van der Waals surface area (Å²) >= 11 is 5.39. The highest BCUT2D eigenvalue weighted by molar-refractivity contribution is 14.1. The Bertz CT molecular complexity index is 855. The molecule has 1 aliphatic carbocycles. The van der Waals surface area contributed by atoms with E-state index in [9.17, 15) is 4.79 Å². The molecule has 2 heterocycles. The fourth-order valence-electron chi connectivity index (χ4n) is 2.46. The number of thiophene rings is 1. The van der Waals surface area contributed by atoms with Crippen LogP contribution in [0.2, 0.25) is 0 Å². The second-order valence-electron chi connectivity index (χ2n) is 5.60. The van der Waals surface area contributed by atoms with E-state index in [1.54, 1.807) is 11.3 Å². The van der Waals surface area contributed by atoms with E-state index in [-0.39, 0.29) is 5.78 Å². The number of nitrogens with zero attached hydrogens (tertiary/aromatic N) is 3. The average Bonchev–Trinajstić information content (AvgIpc) is 3.11. The zero-order chi connectivity index (χ0) is 16.5. The third kappa shape index (κ3) is 3.43. The van der Waals surface area contributed by atoms with Crippen molar-refractivity contribution in [1.82, 2.24) is 14.8 Å². The number of carbonyl (C=O) groups excluding carboxylic acids is 1. The molecule has 1 saturated carbocycles. The largest absolute Gasteiger partial charge is 0.298 e. The summed E-state index contributed by atoms with van der Waals surface area (Å²) in [7, 11) is 0. The lowest BCUT2D eigenvalue weighted by molar-refractivity contribution is 0.102. The van der Waals surface area contributed by atoms with E-state index in [1.807, 2.05) is 35.7 Å². The average molecular weight is 467 g/mol. The van der Waals surface area contributed by atoms with E-state index >= 15 is 0 Å². The second kappa shape index (κ2) is 6.97. The molecule has 0 N–H and O–H groups in total. The number of ketones is 1. The van der Waals surface area contributed by atoms with Gasteiger partial charge in [0.1, 0.15) is 0 Å². The third-order valence-electron chi connectivity index (χ3n) is 3.82. The molecule has 24 heavy (non-hydrogen) atoms. The first-order valence-electron chi connectivity index (χ1n) is 7.63. The van der Waals surface area contributed by atoms with Gasteiger partial charge >= 0.3 is 0 Å². The maximum Gasteiger partial charge on any atom is 0.192 e.